The fourth-order valence-corrected chi connectivity index (χ4v) is 2.22. The summed E-state index contributed by atoms with van der Waals surface area (Å²) in [6, 6.07) is 9.44. The van der Waals surface area contributed by atoms with Gasteiger partial charge in [-0.15, -0.1) is 0 Å². The Balaban J connectivity index is 2.01. The first-order valence-electron chi connectivity index (χ1n) is 7.02. The van der Waals surface area contributed by atoms with Crippen LogP contribution in [0.25, 0.3) is 6.08 Å². The van der Waals surface area contributed by atoms with Gasteiger partial charge >= 0.3 is 6.09 Å². The maximum absolute atomic E-state index is 12.0. The molecule has 1 heterocycles. The standard InChI is InChI=1S/C16H17N3O3S/c1-11(8-17)7-12-3-5-13(6-4-12)19-10-14(22-16(19)20)9-18-15(23)21-2/h3-7,14H,9-10H2,1-2H3,(H,18,23)/b11-7+/t14-/m0/s1. The highest BCUT2D eigenvalue weighted by Gasteiger charge is 2.32. The number of thiocarbonyl (C=S) groups is 1. The largest absolute Gasteiger partial charge is 0.474 e. The second-order valence-corrected chi connectivity index (χ2v) is 5.39. The number of cyclic esters (lactones) is 1. The van der Waals surface area contributed by atoms with Gasteiger partial charge in [0.25, 0.3) is 5.17 Å². The van der Waals surface area contributed by atoms with E-state index in [1.54, 1.807) is 17.9 Å². The molecule has 1 aromatic rings. The number of benzene rings is 1. The van der Waals surface area contributed by atoms with Crippen LogP contribution in [-0.2, 0) is 9.47 Å². The molecule has 0 aliphatic carbocycles. The molecule has 1 aliphatic rings. The van der Waals surface area contributed by atoms with Crippen LogP contribution in [0.4, 0.5) is 10.5 Å². The Morgan fingerprint density at radius 1 is 1.57 bits per heavy atom. The number of methoxy groups -OCH3 is 1. The fraction of sp³-hybridized carbons (Fsp3) is 0.312. The monoisotopic (exact) mass is 331 g/mol. The number of amides is 1. The minimum Gasteiger partial charge on any atom is -0.474 e. The van der Waals surface area contributed by atoms with Gasteiger partial charge in [-0.25, -0.2) is 4.79 Å². The first-order valence-corrected chi connectivity index (χ1v) is 7.42. The molecule has 0 aromatic heterocycles. The molecule has 0 bridgehead atoms. The molecular formula is C16H17N3O3S. The van der Waals surface area contributed by atoms with Crippen LogP contribution in [0.5, 0.6) is 0 Å². The molecule has 2 rings (SSSR count). The van der Waals surface area contributed by atoms with E-state index in [-0.39, 0.29) is 11.3 Å². The zero-order chi connectivity index (χ0) is 16.8. The number of anilines is 1. The van der Waals surface area contributed by atoms with E-state index in [0.29, 0.717) is 18.7 Å². The number of rotatable bonds is 4. The first kappa shape index (κ1) is 16.8. The van der Waals surface area contributed by atoms with Gasteiger partial charge in [-0.2, -0.15) is 5.26 Å². The van der Waals surface area contributed by atoms with Crippen molar-refractivity contribution in [2.24, 2.45) is 0 Å². The molecule has 1 aliphatic heterocycles. The van der Waals surface area contributed by atoms with E-state index in [2.05, 4.69) is 11.4 Å². The summed E-state index contributed by atoms with van der Waals surface area (Å²) in [6.45, 7) is 2.58. The minimum absolute atomic E-state index is 0.267. The second-order valence-electron chi connectivity index (χ2n) is 5.02. The highest BCUT2D eigenvalue weighted by Crippen LogP contribution is 2.22. The zero-order valence-corrected chi connectivity index (χ0v) is 13.7. The van der Waals surface area contributed by atoms with Crippen molar-refractivity contribution >= 4 is 35.2 Å². The summed E-state index contributed by atoms with van der Waals surface area (Å²) >= 11 is 4.89. The van der Waals surface area contributed by atoms with Gasteiger partial charge in [0, 0.05) is 11.3 Å². The van der Waals surface area contributed by atoms with E-state index in [4.69, 9.17) is 27.0 Å². The summed E-state index contributed by atoms with van der Waals surface area (Å²) in [4.78, 5) is 13.5. The molecule has 0 saturated carbocycles. The molecule has 0 radical (unpaired) electrons. The van der Waals surface area contributed by atoms with Crippen LogP contribution in [0.3, 0.4) is 0 Å². The van der Waals surface area contributed by atoms with Crippen molar-refractivity contribution < 1.29 is 14.3 Å². The number of nitrogens with one attached hydrogen (secondary N) is 1. The zero-order valence-electron chi connectivity index (χ0n) is 12.9. The van der Waals surface area contributed by atoms with Crippen LogP contribution in [0.1, 0.15) is 12.5 Å². The van der Waals surface area contributed by atoms with Crippen molar-refractivity contribution in [2.45, 2.75) is 13.0 Å². The topological polar surface area (TPSA) is 74.6 Å². The third kappa shape index (κ3) is 4.44. The van der Waals surface area contributed by atoms with Crippen LogP contribution < -0.4 is 10.2 Å². The lowest BCUT2D eigenvalue weighted by Crippen LogP contribution is -2.34. The van der Waals surface area contributed by atoms with Crippen molar-refractivity contribution in [3.63, 3.8) is 0 Å². The molecule has 0 spiro atoms. The minimum atomic E-state index is -0.392. The highest BCUT2D eigenvalue weighted by molar-refractivity contribution is 7.80. The molecule has 7 heteroatoms. The first-order chi connectivity index (χ1) is 11.0. The van der Waals surface area contributed by atoms with E-state index in [1.165, 1.54) is 7.11 Å². The number of carbonyl (C=O) groups excluding carboxylic acids is 1. The Morgan fingerprint density at radius 3 is 2.87 bits per heavy atom. The average Bonchev–Trinajstić information content (AvgIpc) is 2.94. The maximum Gasteiger partial charge on any atom is 0.414 e. The molecule has 23 heavy (non-hydrogen) atoms. The number of carbonyl (C=O) groups is 1. The number of allylic oxidation sites excluding steroid dienone is 1. The lowest BCUT2D eigenvalue weighted by molar-refractivity contribution is 0.142. The maximum atomic E-state index is 12.0. The predicted molar refractivity (Wildman–Crippen MR) is 90.9 cm³/mol. The summed E-state index contributed by atoms with van der Waals surface area (Å²) in [5.41, 5.74) is 2.28. The Labute approximate surface area is 140 Å². The van der Waals surface area contributed by atoms with Crippen molar-refractivity contribution in [2.75, 3.05) is 25.1 Å². The lowest BCUT2D eigenvalue weighted by Gasteiger charge is -2.13. The summed E-state index contributed by atoms with van der Waals surface area (Å²) < 4.78 is 10.1. The van der Waals surface area contributed by atoms with Crippen LogP contribution in [0.15, 0.2) is 29.8 Å². The van der Waals surface area contributed by atoms with E-state index in [0.717, 1.165) is 11.3 Å². The van der Waals surface area contributed by atoms with Crippen molar-refractivity contribution in [1.29, 1.82) is 5.26 Å². The third-order valence-electron chi connectivity index (χ3n) is 3.30. The van der Waals surface area contributed by atoms with E-state index in [1.807, 2.05) is 24.3 Å². The molecule has 1 fully saturated rings. The molecule has 1 amide bonds. The normalized spacial score (nSPS) is 17.4. The fourth-order valence-electron chi connectivity index (χ4n) is 2.14. The van der Waals surface area contributed by atoms with Crippen LogP contribution in [-0.4, -0.2) is 37.6 Å². The number of ether oxygens (including phenoxy) is 2. The van der Waals surface area contributed by atoms with Gasteiger partial charge in [0.15, 0.2) is 0 Å². The number of hydrogen-bond acceptors (Lipinski definition) is 5. The molecular weight excluding hydrogens is 314 g/mol. The number of hydrogen-bond donors (Lipinski definition) is 1. The molecule has 1 atom stereocenters. The number of nitrogens with zero attached hydrogens (tertiary/aromatic N) is 2. The van der Waals surface area contributed by atoms with E-state index < -0.39 is 6.09 Å². The molecule has 1 N–H and O–H groups in total. The molecule has 0 unspecified atom stereocenters. The van der Waals surface area contributed by atoms with Gasteiger partial charge in [0.05, 0.1) is 26.3 Å². The van der Waals surface area contributed by atoms with Gasteiger partial charge < -0.3 is 14.8 Å². The molecule has 1 aromatic carbocycles. The Hall–Kier alpha value is -2.59. The van der Waals surface area contributed by atoms with Crippen molar-refractivity contribution in [3.05, 3.63) is 35.4 Å². The average molecular weight is 331 g/mol. The van der Waals surface area contributed by atoms with E-state index >= 15 is 0 Å². The third-order valence-corrected chi connectivity index (χ3v) is 3.61. The quantitative estimate of drug-likeness (QED) is 0.675. The number of nitriles is 1. The van der Waals surface area contributed by atoms with Gasteiger partial charge in [-0.3, -0.25) is 4.90 Å². The summed E-state index contributed by atoms with van der Waals surface area (Å²) in [7, 11) is 1.48. The highest BCUT2D eigenvalue weighted by atomic mass is 32.1. The SMILES string of the molecule is COC(=S)NC[C@H]1CN(c2ccc(/C=C(\C)C#N)cc2)C(=O)O1. The Morgan fingerprint density at radius 2 is 2.26 bits per heavy atom. The summed E-state index contributed by atoms with van der Waals surface area (Å²) in [5, 5.41) is 11.9. The van der Waals surface area contributed by atoms with Crippen LogP contribution in [0, 0.1) is 11.3 Å². The van der Waals surface area contributed by atoms with E-state index in [9.17, 15) is 4.79 Å². The van der Waals surface area contributed by atoms with Crippen molar-refractivity contribution in [1.82, 2.24) is 5.32 Å². The molecule has 6 nitrogen and oxygen atoms in total. The van der Waals surface area contributed by atoms with Gasteiger partial charge in [0.1, 0.15) is 6.10 Å². The molecule has 120 valence electrons. The lowest BCUT2D eigenvalue weighted by atomic mass is 10.1. The smallest absolute Gasteiger partial charge is 0.414 e. The summed E-state index contributed by atoms with van der Waals surface area (Å²) in [6.07, 6.45) is 1.09. The Bertz CT molecular complexity index is 664. The van der Waals surface area contributed by atoms with Crippen LogP contribution >= 0.6 is 12.2 Å². The Kier molecular flexibility index (Phi) is 5.55. The second kappa shape index (κ2) is 7.61. The van der Waals surface area contributed by atoms with Crippen molar-refractivity contribution in [3.8, 4) is 6.07 Å². The van der Waals surface area contributed by atoms with Crippen LogP contribution in [0.2, 0.25) is 0 Å². The van der Waals surface area contributed by atoms with Gasteiger partial charge in [0.2, 0.25) is 0 Å². The predicted octanol–water partition coefficient (Wildman–Crippen LogP) is 2.46. The molecule has 1 saturated heterocycles. The van der Waals surface area contributed by atoms with Gasteiger partial charge in [-0.1, -0.05) is 12.1 Å². The summed E-state index contributed by atoms with van der Waals surface area (Å²) in [5.74, 6) is 0. The van der Waals surface area contributed by atoms with Gasteiger partial charge in [-0.05, 0) is 42.9 Å².